The summed E-state index contributed by atoms with van der Waals surface area (Å²) in [6, 6.07) is 6.00. The van der Waals surface area contributed by atoms with E-state index in [2.05, 4.69) is 5.32 Å². The summed E-state index contributed by atoms with van der Waals surface area (Å²) in [5.74, 6) is 1.58. The van der Waals surface area contributed by atoms with Gasteiger partial charge in [0, 0.05) is 24.9 Å². The SMILES string of the molecule is CC(C)Oc1ccc(NCC2CCCO2)cc1OC(C)C. The van der Waals surface area contributed by atoms with Crippen LogP contribution in [0.2, 0.25) is 0 Å². The van der Waals surface area contributed by atoms with E-state index in [-0.39, 0.29) is 12.2 Å². The molecule has 1 saturated heterocycles. The summed E-state index contributed by atoms with van der Waals surface area (Å²) in [5.41, 5.74) is 1.04. The molecule has 0 spiro atoms. The number of hydrogen-bond donors (Lipinski definition) is 1. The van der Waals surface area contributed by atoms with E-state index in [1.807, 2.05) is 45.9 Å². The highest BCUT2D eigenvalue weighted by atomic mass is 16.5. The van der Waals surface area contributed by atoms with Crippen molar-refractivity contribution < 1.29 is 14.2 Å². The second-order valence-electron chi connectivity index (χ2n) is 6.01. The standard InChI is InChI=1S/C17H27NO3/c1-12(2)20-16-8-7-14(10-17(16)21-13(3)4)18-11-15-6-5-9-19-15/h7-8,10,12-13,15,18H,5-6,9,11H2,1-4H3. The van der Waals surface area contributed by atoms with Crippen molar-refractivity contribution in [1.29, 1.82) is 0 Å². The molecule has 0 aliphatic carbocycles. The Bertz CT molecular complexity index is 440. The predicted molar refractivity (Wildman–Crippen MR) is 85.4 cm³/mol. The molecule has 2 rings (SSSR count). The Balaban J connectivity index is 2.03. The number of nitrogens with one attached hydrogen (secondary N) is 1. The minimum absolute atomic E-state index is 0.118. The number of benzene rings is 1. The third kappa shape index (κ3) is 5.12. The van der Waals surface area contributed by atoms with Crippen LogP contribution < -0.4 is 14.8 Å². The maximum Gasteiger partial charge on any atom is 0.163 e. The zero-order valence-corrected chi connectivity index (χ0v) is 13.5. The monoisotopic (exact) mass is 293 g/mol. The topological polar surface area (TPSA) is 39.7 Å². The zero-order chi connectivity index (χ0) is 15.2. The van der Waals surface area contributed by atoms with Crippen molar-refractivity contribution in [2.75, 3.05) is 18.5 Å². The van der Waals surface area contributed by atoms with Gasteiger partial charge >= 0.3 is 0 Å². The summed E-state index contributed by atoms with van der Waals surface area (Å²) in [4.78, 5) is 0. The van der Waals surface area contributed by atoms with Gasteiger partial charge in [0.1, 0.15) is 0 Å². The van der Waals surface area contributed by atoms with Crippen LogP contribution in [0.1, 0.15) is 40.5 Å². The van der Waals surface area contributed by atoms with E-state index < -0.39 is 0 Å². The average Bonchev–Trinajstić information content (AvgIpc) is 2.91. The first-order valence-corrected chi connectivity index (χ1v) is 7.87. The van der Waals surface area contributed by atoms with Crippen LogP contribution >= 0.6 is 0 Å². The Morgan fingerprint density at radius 2 is 1.86 bits per heavy atom. The van der Waals surface area contributed by atoms with E-state index in [9.17, 15) is 0 Å². The van der Waals surface area contributed by atoms with Gasteiger partial charge < -0.3 is 19.5 Å². The summed E-state index contributed by atoms with van der Waals surface area (Å²) in [5, 5.41) is 3.42. The highest BCUT2D eigenvalue weighted by Gasteiger charge is 2.15. The number of anilines is 1. The van der Waals surface area contributed by atoms with Crippen molar-refractivity contribution in [1.82, 2.24) is 0 Å². The van der Waals surface area contributed by atoms with Crippen molar-refractivity contribution in [2.24, 2.45) is 0 Å². The van der Waals surface area contributed by atoms with E-state index in [0.29, 0.717) is 6.10 Å². The molecule has 0 saturated carbocycles. The molecule has 0 amide bonds. The van der Waals surface area contributed by atoms with Gasteiger partial charge in [0.25, 0.3) is 0 Å². The Labute approximate surface area is 127 Å². The number of ether oxygens (including phenoxy) is 3. The van der Waals surface area contributed by atoms with Gasteiger partial charge in [0.2, 0.25) is 0 Å². The van der Waals surface area contributed by atoms with Gasteiger partial charge in [-0.1, -0.05) is 0 Å². The van der Waals surface area contributed by atoms with Crippen molar-refractivity contribution in [3.63, 3.8) is 0 Å². The molecule has 1 aromatic carbocycles. The molecule has 4 heteroatoms. The first-order valence-electron chi connectivity index (χ1n) is 7.87. The summed E-state index contributed by atoms with van der Waals surface area (Å²) in [7, 11) is 0. The van der Waals surface area contributed by atoms with Crippen LogP contribution in [0.4, 0.5) is 5.69 Å². The Kier molecular flexibility index (Phi) is 5.74. The van der Waals surface area contributed by atoms with Crippen LogP contribution in [-0.4, -0.2) is 31.5 Å². The number of hydrogen-bond acceptors (Lipinski definition) is 4. The van der Waals surface area contributed by atoms with E-state index in [0.717, 1.165) is 43.2 Å². The summed E-state index contributed by atoms with van der Waals surface area (Å²) in [6.45, 7) is 9.80. The average molecular weight is 293 g/mol. The van der Waals surface area contributed by atoms with Crippen molar-refractivity contribution >= 4 is 5.69 Å². The molecule has 1 aliphatic heterocycles. The second kappa shape index (κ2) is 7.55. The Morgan fingerprint density at radius 1 is 1.14 bits per heavy atom. The van der Waals surface area contributed by atoms with E-state index >= 15 is 0 Å². The molecule has 1 aliphatic rings. The Morgan fingerprint density at radius 3 is 2.48 bits per heavy atom. The molecule has 1 heterocycles. The van der Waals surface area contributed by atoms with Gasteiger partial charge in [0.05, 0.1) is 18.3 Å². The van der Waals surface area contributed by atoms with E-state index in [1.54, 1.807) is 0 Å². The normalized spacial score (nSPS) is 18.3. The highest BCUT2D eigenvalue weighted by Crippen LogP contribution is 2.32. The van der Waals surface area contributed by atoms with Crippen LogP contribution in [-0.2, 0) is 4.74 Å². The molecule has 1 unspecified atom stereocenters. The van der Waals surface area contributed by atoms with Gasteiger partial charge in [-0.15, -0.1) is 0 Å². The molecule has 1 atom stereocenters. The van der Waals surface area contributed by atoms with Crippen LogP contribution in [0.25, 0.3) is 0 Å². The van der Waals surface area contributed by atoms with Crippen LogP contribution in [0.15, 0.2) is 18.2 Å². The molecule has 118 valence electrons. The Hall–Kier alpha value is -1.42. The van der Waals surface area contributed by atoms with Gasteiger partial charge in [-0.25, -0.2) is 0 Å². The first-order chi connectivity index (χ1) is 10.0. The molecule has 1 fully saturated rings. The summed E-state index contributed by atoms with van der Waals surface area (Å²) >= 11 is 0. The highest BCUT2D eigenvalue weighted by molar-refractivity contribution is 5.55. The molecular weight excluding hydrogens is 266 g/mol. The molecule has 21 heavy (non-hydrogen) atoms. The molecule has 0 radical (unpaired) electrons. The fourth-order valence-electron chi connectivity index (χ4n) is 2.35. The largest absolute Gasteiger partial charge is 0.487 e. The quantitative estimate of drug-likeness (QED) is 0.829. The van der Waals surface area contributed by atoms with Gasteiger partial charge in [-0.2, -0.15) is 0 Å². The van der Waals surface area contributed by atoms with Gasteiger partial charge in [-0.3, -0.25) is 0 Å². The fourth-order valence-corrected chi connectivity index (χ4v) is 2.35. The van der Waals surface area contributed by atoms with Crippen molar-refractivity contribution in [3.05, 3.63) is 18.2 Å². The van der Waals surface area contributed by atoms with Gasteiger partial charge in [0.15, 0.2) is 11.5 Å². The zero-order valence-electron chi connectivity index (χ0n) is 13.5. The second-order valence-corrected chi connectivity index (χ2v) is 6.01. The molecule has 4 nitrogen and oxygen atoms in total. The maximum absolute atomic E-state index is 5.86. The molecular formula is C17H27NO3. The minimum atomic E-state index is 0.118. The van der Waals surface area contributed by atoms with Crippen LogP contribution in [0, 0.1) is 0 Å². The molecule has 0 aromatic heterocycles. The minimum Gasteiger partial charge on any atom is -0.487 e. The van der Waals surface area contributed by atoms with Crippen LogP contribution in [0.5, 0.6) is 11.5 Å². The maximum atomic E-state index is 5.86. The first kappa shape index (κ1) is 16.0. The molecule has 1 aromatic rings. The lowest BCUT2D eigenvalue weighted by Crippen LogP contribution is -2.18. The van der Waals surface area contributed by atoms with Crippen molar-refractivity contribution in [2.45, 2.75) is 58.8 Å². The smallest absolute Gasteiger partial charge is 0.163 e. The lowest BCUT2D eigenvalue weighted by Gasteiger charge is -2.19. The summed E-state index contributed by atoms with van der Waals surface area (Å²) < 4.78 is 17.3. The van der Waals surface area contributed by atoms with Gasteiger partial charge in [-0.05, 0) is 52.7 Å². The van der Waals surface area contributed by atoms with E-state index in [4.69, 9.17) is 14.2 Å². The lowest BCUT2D eigenvalue weighted by molar-refractivity contribution is 0.120. The summed E-state index contributed by atoms with van der Waals surface area (Å²) in [6.07, 6.45) is 2.87. The number of rotatable bonds is 7. The van der Waals surface area contributed by atoms with E-state index in [1.165, 1.54) is 0 Å². The van der Waals surface area contributed by atoms with Crippen LogP contribution in [0.3, 0.4) is 0 Å². The molecule has 0 bridgehead atoms. The third-order valence-electron chi connectivity index (χ3n) is 3.23. The predicted octanol–water partition coefficient (Wildman–Crippen LogP) is 3.85. The van der Waals surface area contributed by atoms with Crippen molar-refractivity contribution in [3.8, 4) is 11.5 Å². The lowest BCUT2D eigenvalue weighted by atomic mass is 10.2. The molecule has 1 N–H and O–H groups in total. The fraction of sp³-hybridized carbons (Fsp3) is 0.647. The third-order valence-corrected chi connectivity index (χ3v) is 3.23.